The molecule has 9 heteroatoms. The summed E-state index contributed by atoms with van der Waals surface area (Å²) >= 11 is 2.44. The fourth-order valence-corrected chi connectivity index (χ4v) is 3.55. The van der Waals surface area contributed by atoms with Crippen LogP contribution in [0.25, 0.3) is 6.08 Å². The van der Waals surface area contributed by atoms with Gasteiger partial charge in [-0.05, 0) is 30.0 Å². The highest BCUT2D eigenvalue weighted by molar-refractivity contribution is 8.18. The minimum absolute atomic E-state index is 0.0414. The van der Waals surface area contributed by atoms with E-state index in [1.54, 1.807) is 30.5 Å². The second kappa shape index (κ2) is 6.85. The Morgan fingerprint density at radius 3 is 2.96 bits per heavy atom. The predicted octanol–water partition coefficient (Wildman–Crippen LogP) is 2.70. The highest BCUT2D eigenvalue weighted by atomic mass is 32.2. The van der Waals surface area contributed by atoms with Crippen molar-refractivity contribution in [3.63, 3.8) is 0 Å². The van der Waals surface area contributed by atoms with Gasteiger partial charge in [-0.1, -0.05) is 23.5 Å². The van der Waals surface area contributed by atoms with Gasteiger partial charge in [0.05, 0.1) is 9.78 Å². The number of hydrogen-bond acceptors (Lipinski definition) is 7. The Balaban J connectivity index is 1.78. The quantitative estimate of drug-likeness (QED) is 0.730. The Bertz CT molecular complexity index is 873. The summed E-state index contributed by atoms with van der Waals surface area (Å²) in [5, 5.41) is 15.8. The van der Waals surface area contributed by atoms with Gasteiger partial charge in [0, 0.05) is 13.1 Å². The molecule has 24 heavy (non-hydrogen) atoms. The number of phenols is 1. The predicted molar refractivity (Wildman–Crippen MR) is 95.3 cm³/mol. The van der Waals surface area contributed by atoms with Gasteiger partial charge in [-0.25, -0.2) is 9.98 Å². The summed E-state index contributed by atoms with van der Waals surface area (Å²) in [6.07, 6.45) is 3.26. The molecule has 1 saturated heterocycles. The van der Waals surface area contributed by atoms with Gasteiger partial charge in [-0.3, -0.25) is 9.59 Å². The smallest absolute Gasteiger partial charge is 0.264 e. The van der Waals surface area contributed by atoms with E-state index in [0.29, 0.717) is 20.9 Å². The van der Waals surface area contributed by atoms with Crippen LogP contribution in [0.3, 0.4) is 0 Å². The lowest BCUT2D eigenvalue weighted by Crippen LogP contribution is -2.19. The van der Waals surface area contributed by atoms with Gasteiger partial charge in [-0.15, -0.1) is 0 Å². The minimum atomic E-state index is -0.274. The van der Waals surface area contributed by atoms with Gasteiger partial charge in [0.25, 0.3) is 5.91 Å². The highest BCUT2D eigenvalue weighted by Gasteiger charge is 2.24. The molecule has 2 amide bonds. The van der Waals surface area contributed by atoms with Crippen LogP contribution in [0.1, 0.15) is 11.8 Å². The Kier molecular flexibility index (Phi) is 4.63. The van der Waals surface area contributed by atoms with Gasteiger partial charge in [0.1, 0.15) is 11.4 Å². The lowest BCUT2D eigenvalue weighted by atomic mass is 10.3. The molecule has 1 aliphatic rings. The monoisotopic (exact) mass is 360 g/mol. The maximum Gasteiger partial charge on any atom is 0.264 e. The largest absolute Gasteiger partial charge is 0.506 e. The molecule has 1 fully saturated rings. The number of thiazole rings is 1. The van der Waals surface area contributed by atoms with Crippen LogP contribution in [0.5, 0.6) is 5.75 Å². The Hall–Kier alpha value is -2.65. The number of benzene rings is 1. The van der Waals surface area contributed by atoms with Crippen LogP contribution < -0.4 is 10.6 Å². The number of para-hydroxylation sites is 2. The minimum Gasteiger partial charge on any atom is -0.506 e. The molecule has 122 valence electrons. The van der Waals surface area contributed by atoms with Crippen molar-refractivity contribution in [2.45, 2.75) is 6.92 Å². The zero-order chi connectivity index (χ0) is 17.1. The fraction of sp³-hybridized carbons (Fsp3) is 0.0667. The summed E-state index contributed by atoms with van der Waals surface area (Å²) in [4.78, 5) is 32.5. The first-order valence-electron chi connectivity index (χ1n) is 6.82. The van der Waals surface area contributed by atoms with Crippen molar-refractivity contribution in [3.05, 3.63) is 40.2 Å². The first kappa shape index (κ1) is 16.2. The maximum atomic E-state index is 12.0. The standard InChI is InChI=1S/C15H12N4O3S2/c1-8(20)17-14-16-7-9(23-14)6-12-13(22)19-15(24-12)18-10-4-2-3-5-11(10)21/h2-7,21H,1H3,(H,16,17,20)(H,18,19,22). The number of phenolic OH excluding ortho intramolecular Hbond substituents is 1. The van der Waals surface area contributed by atoms with Gasteiger partial charge in [-0.2, -0.15) is 0 Å². The van der Waals surface area contributed by atoms with E-state index < -0.39 is 0 Å². The number of thioether (sulfide) groups is 1. The van der Waals surface area contributed by atoms with Crippen molar-refractivity contribution in [2.24, 2.45) is 4.99 Å². The van der Waals surface area contributed by atoms with E-state index in [4.69, 9.17) is 0 Å². The molecule has 0 radical (unpaired) electrons. The number of nitrogens with zero attached hydrogens (tertiary/aromatic N) is 2. The second-order valence-electron chi connectivity index (χ2n) is 4.72. The zero-order valence-electron chi connectivity index (χ0n) is 12.4. The molecule has 3 N–H and O–H groups in total. The number of amidine groups is 1. The van der Waals surface area contributed by atoms with Crippen LogP contribution in [0.2, 0.25) is 0 Å². The molecule has 2 heterocycles. The number of anilines is 1. The SMILES string of the molecule is CC(=O)Nc1ncc(C=C2SC(=Nc3ccccc3O)NC2=O)s1. The van der Waals surface area contributed by atoms with Crippen molar-refractivity contribution in [1.29, 1.82) is 0 Å². The first-order chi connectivity index (χ1) is 11.5. The molecule has 0 bridgehead atoms. The fourth-order valence-electron chi connectivity index (χ4n) is 1.84. The molecule has 2 aromatic rings. The third-order valence-corrected chi connectivity index (χ3v) is 4.60. The van der Waals surface area contributed by atoms with E-state index in [1.165, 1.54) is 36.1 Å². The molecule has 1 aliphatic heterocycles. The van der Waals surface area contributed by atoms with Gasteiger partial charge in [0.2, 0.25) is 5.91 Å². The number of amides is 2. The summed E-state index contributed by atoms with van der Waals surface area (Å²) < 4.78 is 0. The first-order valence-corrected chi connectivity index (χ1v) is 8.45. The number of carbonyl (C=O) groups is 2. The molecular formula is C15H12N4O3S2. The van der Waals surface area contributed by atoms with Gasteiger partial charge in [0.15, 0.2) is 10.3 Å². The third-order valence-electron chi connectivity index (χ3n) is 2.83. The average Bonchev–Trinajstić information content (AvgIpc) is 3.08. The number of aliphatic imine (C=N–C) groups is 1. The van der Waals surface area contributed by atoms with Crippen molar-refractivity contribution >= 4 is 57.0 Å². The lowest BCUT2D eigenvalue weighted by Gasteiger charge is -1.98. The van der Waals surface area contributed by atoms with Gasteiger partial charge < -0.3 is 15.7 Å². The molecular weight excluding hydrogens is 348 g/mol. The summed E-state index contributed by atoms with van der Waals surface area (Å²) in [5.41, 5.74) is 0.382. The van der Waals surface area contributed by atoms with E-state index in [0.717, 1.165) is 4.88 Å². The Morgan fingerprint density at radius 2 is 2.21 bits per heavy atom. The van der Waals surface area contributed by atoms with Crippen LogP contribution >= 0.6 is 23.1 Å². The number of carbonyl (C=O) groups excluding carboxylic acids is 2. The van der Waals surface area contributed by atoms with Crippen LogP contribution in [0.15, 0.2) is 40.4 Å². The topological polar surface area (TPSA) is 104 Å². The Morgan fingerprint density at radius 1 is 1.42 bits per heavy atom. The van der Waals surface area contributed by atoms with Gasteiger partial charge >= 0.3 is 0 Å². The molecule has 7 nitrogen and oxygen atoms in total. The number of rotatable bonds is 3. The van der Waals surface area contributed by atoms with Crippen LogP contribution in [-0.2, 0) is 9.59 Å². The van der Waals surface area contributed by atoms with E-state index in [-0.39, 0.29) is 17.6 Å². The van der Waals surface area contributed by atoms with Crippen molar-refractivity contribution in [3.8, 4) is 5.75 Å². The molecule has 0 unspecified atom stereocenters. The normalized spacial score (nSPS) is 17.3. The summed E-state index contributed by atoms with van der Waals surface area (Å²) in [6.45, 7) is 1.40. The van der Waals surface area contributed by atoms with E-state index >= 15 is 0 Å². The van der Waals surface area contributed by atoms with Crippen molar-refractivity contribution in [2.75, 3.05) is 5.32 Å². The molecule has 0 atom stereocenters. The lowest BCUT2D eigenvalue weighted by molar-refractivity contribution is -0.115. The second-order valence-corrected chi connectivity index (χ2v) is 6.81. The number of nitrogens with one attached hydrogen (secondary N) is 2. The molecule has 0 aliphatic carbocycles. The van der Waals surface area contributed by atoms with Crippen molar-refractivity contribution < 1.29 is 14.7 Å². The van der Waals surface area contributed by atoms with Crippen molar-refractivity contribution in [1.82, 2.24) is 10.3 Å². The molecule has 3 rings (SSSR count). The van der Waals surface area contributed by atoms with Crippen LogP contribution in [0.4, 0.5) is 10.8 Å². The molecule has 0 spiro atoms. The number of aromatic hydroxyl groups is 1. The summed E-state index contributed by atoms with van der Waals surface area (Å²) in [5.74, 6) is -0.433. The summed E-state index contributed by atoms with van der Waals surface area (Å²) in [7, 11) is 0. The third kappa shape index (κ3) is 3.81. The zero-order valence-corrected chi connectivity index (χ0v) is 14.1. The molecule has 1 aromatic carbocycles. The number of hydrogen-bond donors (Lipinski definition) is 3. The van der Waals surface area contributed by atoms with Crippen LogP contribution in [0, 0.1) is 0 Å². The maximum absolute atomic E-state index is 12.0. The molecule has 1 aromatic heterocycles. The Labute approximate surface area is 145 Å². The summed E-state index contributed by atoms with van der Waals surface area (Å²) in [6, 6.07) is 6.62. The molecule has 0 saturated carbocycles. The number of aromatic nitrogens is 1. The van der Waals surface area contributed by atoms with E-state index in [9.17, 15) is 14.7 Å². The van der Waals surface area contributed by atoms with E-state index in [1.807, 2.05) is 0 Å². The van der Waals surface area contributed by atoms with Crippen LogP contribution in [-0.4, -0.2) is 27.1 Å². The average molecular weight is 360 g/mol. The van der Waals surface area contributed by atoms with E-state index in [2.05, 4.69) is 20.6 Å². The highest BCUT2D eigenvalue weighted by Crippen LogP contribution is 2.32.